The minimum atomic E-state index is -0.581. The molecule has 0 radical (unpaired) electrons. The first-order valence-corrected chi connectivity index (χ1v) is 10.5. The summed E-state index contributed by atoms with van der Waals surface area (Å²) in [7, 11) is 3.67. The van der Waals surface area contributed by atoms with Gasteiger partial charge in [0.15, 0.2) is 0 Å². The van der Waals surface area contributed by atoms with Crippen molar-refractivity contribution in [3.63, 3.8) is 0 Å². The van der Waals surface area contributed by atoms with Crippen LogP contribution in [0, 0.1) is 12.9 Å². The molecule has 33 heavy (non-hydrogen) atoms. The number of hydrogen-bond donors (Lipinski definition) is 0. The van der Waals surface area contributed by atoms with Crippen molar-refractivity contribution in [2.45, 2.75) is 6.92 Å². The minimum Gasteiger partial charge on any atom is -0.336 e. The summed E-state index contributed by atoms with van der Waals surface area (Å²) in [5.74, 6) is -0.581. The summed E-state index contributed by atoms with van der Waals surface area (Å²) in [6.07, 6.45) is 6.92. The highest BCUT2D eigenvalue weighted by Gasteiger charge is 2.18. The maximum atomic E-state index is 13.7. The second kappa shape index (κ2) is 6.83. The van der Waals surface area contributed by atoms with Gasteiger partial charge in [-0.15, -0.1) is 0 Å². The van der Waals surface area contributed by atoms with E-state index in [0.717, 1.165) is 33.1 Å². The Labute approximate surface area is 187 Å². The third-order valence-electron chi connectivity index (χ3n) is 6.21. The lowest BCUT2D eigenvalue weighted by atomic mass is 10.0. The van der Waals surface area contributed by atoms with Crippen LogP contribution in [0.4, 0.5) is 4.39 Å². The SMILES string of the molecule is Cc1cc(F)ncc1-n1c(=O)n(C)c2cnc3ccc(-c4cnc5c(ccn5C)c4)cc3c21. The molecule has 0 spiro atoms. The first-order valence-electron chi connectivity index (χ1n) is 10.5. The molecule has 0 aliphatic rings. The Morgan fingerprint density at radius 3 is 2.58 bits per heavy atom. The molecule has 0 N–H and O–H groups in total. The zero-order chi connectivity index (χ0) is 22.9. The number of pyridine rings is 3. The number of nitrogens with zero attached hydrogens (tertiary/aromatic N) is 6. The number of hydrogen-bond acceptors (Lipinski definition) is 4. The number of rotatable bonds is 2. The van der Waals surface area contributed by atoms with Crippen LogP contribution < -0.4 is 5.69 Å². The number of aryl methyl sites for hydroxylation is 3. The molecule has 0 fully saturated rings. The van der Waals surface area contributed by atoms with Crippen molar-refractivity contribution < 1.29 is 4.39 Å². The van der Waals surface area contributed by atoms with Crippen LogP contribution in [0.1, 0.15) is 5.56 Å². The van der Waals surface area contributed by atoms with E-state index in [2.05, 4.69) is 21.0 Å². The topological polar surface area (TPSA) is 70.5 Å². The Kier molecular flexibility index (Phi) is 4.01. The molecule has 0 saturated heterocycles. The third kappa shape index (κ3) is 2.80. The highest BCUT2D eigenvalue weighted by atomic mass is 19.1. The van der Waals surface area contributed by atoms with E-state index in [1.807, 2.05) is 48.3 Å². The highest BCUT2D eigenvalue weighted by Crippen LogP contribution is 2.31. The Morgan fingerprint density at radius 2 is 1.76 bits per heavy atom. The largest absolute Gasteiger partial charge is 0.336 e. The zero-order valence-electron chi connectivity index (χ0n) is 18.2. The molecule has 0 amide bonds. The lowest BCUT2D eigenvalue weighted by Gasteiger charge is -2.10. The van der Waals surface area contributed by atoms with Gasteiger partial charge in [-0.1, -0.05) is 6.07 Å². The van der Waals surface area contributed by atoms with Gasteiger partial charge in [0.1, 0.15) is 5.65 Å². The molecule has 162 valence electrons. The standard InChI is InChI=1S/C25H19FN6O/c1-14-8-22(26)28-12-20(14)32-23-18-10-15(17-9-16-6-7-30(2)24(16)29-11-17)4-5-19(18)27-13-21(23)31(3)25(32)33/h4-13H,1-3H3. The molecule has 0 aliphatic carbocycles. The summed E-state index contributed by atoms with van der Waals surface area (Å²) in [4.78, 5) is 26.2. The number of benzene rings is 1. The monoisotopic (exact) mass is 438 g/mol. The van der Waals surface area contributed by atoms with E-state index in [1.165, 1.54) is 12.3 Å². The predicted molar refractivity (Wildman–Crippen MR) is 126 cm³/mol. The minimum absolute atomic E-state index is 0.242. The van der Waals surface area contributed by atoms with Crippen LogP contribution in [0.2, 0.25) is 0 Å². The van der Waals surface area contributed by atoms with Gasteiger partial charge in [-0.25, -0.2) is 14.8 Å². The van der Waals surface area contributed by atoms with Crippen molar-refractivity contribution in [2.75, 3.05) is 0 Å². The molecule has 5 heterocycles. The van der Waals surface area contributed by atoms with Gasteiger partial charge in [-0.3, -0.25) is 14.1 Å². The molecule has 8 heteroatoms. The summed E-state index contributed by atoms with van der Waals surface area (Å²) in [5, 5.41) is 1.87. The fraction of sp³-hybridized carbons (Fsp3) is 0.120. The fourth-order valence-corrected chi connectivity index (χ4v) is 4.46. The lowest BCUT2D eigenvalue weighted by Crippen LogP contribution is -2.21. The average molecular weight is 438 g/mol. The van der Waals surface area contributed by atoms with Crippen LogP contribution in [0.15, 0.2) is 66.0 Å². The molecular weight excluding hydrogens is 419 g/mol. The van der Waals surface area contributed by atoms with Crippen molar-refractivity contribution in [3.8, 4) is 16.8 Å². The summed E-state index contributed by atoms with van der Waals surface area (Å²) in [6.45, 7) is 1.76. The predicted octanol–water partition coefficient (Wildman–Crippen LogP) is 4.27. The molecular formula is C25H19FN6O. The maximum Gasteiger partial charge on any atom is 0.333 e. The van der Waals surface area contributed by atoms with E-state index in [-0.39, 0.29) is 5.69 Å². The number of halogens is 1. The van der Waals surface area contributed by atoms with Gasteiger partial charge in [0, 0.05) is 42.8 Å². The van der Waals surface area contributed by atoms with Crippen LogP contribution in [-0.2, 0) is 14.1 Å². The number of fused-ring (bicyclic) bond motifs is 4. The van der Waals surface area contributed by atoms with Crippen molar-refractivity contribution >= 4 is 33.0 Å². The molecule has 6 aromatic rings. The maximum absolute atomic E-state index is 13.7. The van der Waals surface area contributed by atoms with Crippen LogP contribution in [0.5, 0.6) is 0 Å². The van der Waals surface area contributed by atoms with Gasteiger partial charge in [0.05, 0.1) is 34.6 Å². The molecule has 5 aromatic heterocycles. The fourth-order valence-electron chi connectivity index (χ4n) is 4.46. The van der Waals surface area contributed by atoms with Gasteiger partial charge < -0.3 is 4.57 Å². The van der Waals surface area contributed by atoms with Gasteiger partial charge in [-0.2, -0.15) is 4.39 Å². The van der Waals surface area contributed by atoms with E-state index in [9.17, 15) is 9.18 Å². The van der Waals surface area contributed by atoms with Crippen LogP contribution in [-0.4, -0.2) is 28.7 Å². The quantitative estimate of drug-likeness (QED) is 0.379. The zero-order valence-corrected chi connectivity index (χ0v) is 18.2. The van der Waals surface area contributed by atoms with Crippen molar-refractivity contribution in [3.05, 3.63) is 83.2 Å². The van der Waals surface area contributed by atoms with E-state index >= 15 is 0 Å². The number of imidazole rings is 1. The van der Waals surface area contributed by atoms with Crippen LogP contribution in [0.3, 0.4) is 0 Å². The Bertz CT molecular complexity index is 1790. The summed E-state index contributed by atoms with van der Waals surface area (Å²) in [6, 6.07) is 11.4. The van der Waals surface area contributed by atoms with E-state index in [4.69, 9.17) is 0 Å². The van der Waals surface area contributed by atoms with Crippen molar-refractivity contribution in [1.82, 2.24) is 28.7 Å². The van der Waals surface area contributed by atoms with E-state index < -0.39 is 5.95 Å². The van der Waals surface area contributed by atoms with Crippen molar-refractivity contribution in [1.29, 1.82) is 0 Å². The average Bonchev–Trinajstić information content (AvgIpc) is 3.31. The molecule has 0 aliphatic heterocycles. The number of aromatic nitrogens is 6. The Balaban J connectivity index is 1.67. The molecule has 0 unspecified atom stereocenters. The van der Waals surface area contributed by atoms with Crippen LogP contribution in [0.25, 0.3) is 49.8 Å². The second-order valence-corrected chi connectivity index (χ2v) is 8.26. The van der Waals surface area contributed by atoms with E-state index in [0.29, 0.717) is 22.3 Å². The third-order valence-corrected chi connectivity index (χ3v) is 6.21. The summed E-state index contributed by atoms with van der Waals surface area (Å²) >= 11 is 0. The first-order chi connectivity index (χ1) is 15.9. The highest BCUT2D eigenvalue weighted by molar-refractivity contribution is 6.04. The van der Waals surface area contributed by atoms with Crippen LogP contribution >= 0.6 is 0 Å². The van der Waals surface area contributed by atoms with E-state index in [1.54, 1.807) is 29.3 Å². The smallest absolute Gasteiger partial charge is 0.333 e. The summed E-state index contributed by atoms with van der Waals surface area (Å²) < 4.78 is 18.8. The molecule has 0 bridgehead atoms. The molecule has 6 rings (SSSR count). The van der Waals surface area contributed by atoms with Gasteiger partial charge >= 0.3 is 5.69 Å². The molecule has 1 aromatic carbocycles. The molecule has 7 nitrogen and oxygen atoms in total. The normalized spacial score (nSPS) is 11.8. The Morgan fingerprint density at radius 1 is 0.909 bits per heavy atom. The summed E-state index contributed by atoms with van der Waals surface area (Å²) in [5.41, 5.74) is 5.92. The second-order valence-electron chi connectivity index (χ2n) is 8.26. The van der Waals surface area contributed by atoms with Gasteiger partial charge in [0.2, 0.25) is 5.95 Å². The van der Waals surface area contributed by atoms with Crippen molar-refractivity contribution in [2.24, 2.45) is 14.1 Å². The van der Waals surface area contributed by atoms with Gasteiger partial charge in [-0.05, 0) is 48.4 Å². The molecule has 0 atom stereocenters. The lowest BCUT2D eigenvalue weighted by molar-refractivity contribution is 0.581. The molecule has 0 saturated carbocycles. The first kappa shape index (κ1) is 19.4. The Hall–Kier alpha value is -4.33. The van der Waals surface area contributed by atoms with Gasteiger partial charge in [0.25, 0.3) is 0 Å².